The maximum absolute atomic E-state index is 10.4. The van der Waals surface area contributed by atoms with E-state index in [0.29, 0.717) is 6.42 Å². The van der Waals surface area contributed by atoms with E-state index in [1.54, 1.807) is 0 Å². The van der Waals surface area contributed by atoms with Crippen LogP contribution in [0.5, 0.6) is 0 Å². The van der Waals surface area contributed by atoms with E-state index in [0.717, 1.165) is 18.3 Å². The number of hydrogen-bond acceptors (Lipinski definition) is 2. The summed E-state index contributed by atoms with van der Waals surface area (Å²) >= 11 is 0. The summed E-state index contributed by atoms with van der Waals surface area (Å²) in [4.78, 5) is 14.8. The molecule has 1 heterocycles. The van der Waals surface area contributed by atoms with Crippen LogP contribution in [0.2, 0.25) is 0 Å². The molecule has 0 aromatic heterocycles. The predicted molar refractivity (Wildman–Crippen MR) is 57.0 cm³/mol. The Hall–Kier alpha value is -1.64. The van der Waals surface area contributed by atoms with Gasteiger partial charge in [0.1, 0.15) is 0 Å². The van der Waals surface area contributed by atoms with Gasteiger partial charge in [-0.15, -0.1) is 0 Å². The molecule has 0 bridgehead atoms. The molecule has 1 N–H and O–H groups in total. The van der Waals surface area contributed by atoms with E-state index in [1.165, 1.54) is 10.8 Å². The molecule has 0 saturated heterocycles. The highest BCUT2D eigenvalue weighted by Crippen LogP contribution is 2.08. The Balaban J connectivity index is 2.13. The lowest BCUT2D eigenvalue weighted by atomic mass is 10.1. The molecule has 2 rings (SSSR count). The fourth-order valence-electron chi connectivity index (χ4n) is 1.84. The van der Waals surface area contributed by atoms with Gasteiger partial charge in [-0.2, -0.15) is 0 Å². The zero-order valence-electron chi connectivity index (χ0n) is 8.44. The number of carbonyl (C=O) groups is 1. The van der Waals surface area contributed by atoms with Crippen LogP contribution in [0.15, 0.2) is 29.3 Å². The Kier molecular flexibility index (Phi) is 2.81. The van der Waals surface area contributed by atoms with Gasteiger partial charge in [0, 0.05) is 11.6 Å². The van der Waals surface area contributed by atoms with Crippen molar-refractivity contribution < 1.29 is 9.90 Å². The lowest BCUT2D eigenvalue weighted by Crippen LogP contribution is -2.22. The minimum atomic E-state index is -0.723. The minimum absolute atomic E-state index is 0.242. The first-order valence-corrected chi connectivity index (χ1v) is 5.11. The van der Waals surface area contributed by atoms with Crippen molar-refractivity contribution in [2.45, 2.75) is 19.3 Å². The highest BCUT2D eigenvalue weighted by atomic mass is 16.4. The van der Waals surface area contributed by atoms with Crippen molar-refractivity contribution >= 4 is 11.5 Å². The van der Waals surface area contributed by atoms with Crippen molar-refractivity contribution in [3.63, 3.8) is 0 Å². The van der Waals surface area contributed by atoms with Crippen LogP contribution < -0.4 is 10.6 Å². The number of nitrogens with zero attached hydrogens (tertiary/aromatic N) is 1. The van der Waals surface area contributed by atoms with Gasteiger partial charge in [0.25, 0.3) is 0 Å². The highest BCUT2D eigenvalue weighted by molar-refractivity contribution is 5.66. The Morgan fingerprint density at radius 2 is 2.20 bits per heavy atom. The number of benzene rings is 1. The number of aliphatic carboxylic acids is 1. The van der Waals surface area contributed by atoms with Crippen LogP contribution in [-0.2, 0) is 4.79 Å². The summed E-state index contributed by atoms with van der Waals surface area (Å²) in [6, 6.07) is 8.03. The van der Waals surface area contributed by atoms with Crippen LogP contribution in [0.4, 0.5) is 0 Å². The number of hydrogen-bond donors (Lipinski definition) is 1. The molecule has 0 atom stereocenters. The molecule has 0 fully saturated rings. The number of fused-ring (bicyclic) bond motifs is 1. The molecule has 1 aliphatic rings. The summed E-state index contributed by atoms with van der Waals surface area (Å²) in [5.41, 5.74) is 1.27. The minimum Gasteiger partial charge on any atom is -0.481 e. The summed E-state index contributed by atoms with van der Waals surface area (Å²) in [5, 5.41) is 10.8. The fourth-order valence-corrected chi connectivity index (χ4v) is 1.84. The molecule has 0 amide bonds. The second-order valence-corrected chi connectivity index (χ2v) is 3.68. The Labute approximate surface area is 87.8 Å². The maximum atomic E-state index is 10.4. The smallest absolute Gasteiger partial charge is 0.303 e. The molecule has 3 nitrogen and oxygen atoms in total. The Bertz CT molecular complexity index is 491. The van der Waals surface area contributed by atoms with Crippen molar-refractivity contribution in [2.75, 3.05) is 6.54 Å². The van der Waals surface area contributed by atoms with E-state index in [2.05, 4.69) is 11.1 Å². The van der Waals surface area contributed by atoms with E-state index in [-0.39, 0.29) is 6.42 Å². The van der Waals surface area contributed by atoms with E-state index in [4.69, 9.17) is 5.11 Å². The second kappa shape index (κ2) is 4.26. The van der Waals surface area contributed by atoms with Crippen LogP contribution in [0.3, 0.4) is 0 Å². The summed E-state index contributed by atoms with van der Waals surface area (Å²) in [5.74, 6) is -0.723. The van der Waals surface area contributed by atoms with Gasteiger partial charge in [-0.25, -0.2) is 0 Å². The maximum Gasteiger partial charge on any atom is 0.303 e. The molecule has 0 spiro atoms. The summed E-state index contributed by atoms with van der Waals surface area (Å²) in [6.07, 6.45) is 1.78. The molecule has 0 unspecified atom stereocenters. The third-order valence-corrected chi connectivity index (χ3v) is 2.59. The van der Waals surface area contributed by atoms with E-state index < -0.39 is 5.97 Å². The van der Waals surface area contributed by atoms with Crippen molar-refractivity contribution in [3.8, 4) is 0 Å². The van der Waals surface area contributed by atoms with Gasteiger partial charge in [-0.1, -0.05) is 18.2 Å². The molecule has 1 aromatic carbocycles. The normalized spacial score (nSPS) is 13.5. The van der Waals surface area contributed by atoms with Gasteiger partial charge in [0.15, 0.2) is 0 Å². The van der Waals surface area contributed by atoms with Gasteiger partial charge in [0.2, 0.25) is 0 Å². The fraction of sp³-hybridized carbons (Fsp3) is 0.333. The molecule has 78 valence electrons. The number of carboxylic acids is 1. The molecule has 0 radical (unpaired) electrons. The third kappa shape index (κ3) is 2.24. The topological polar surface area (TPSA) is 49.7 Å². The molecular formula is C12H13NO2. The van der Waals surface area contributed by atoms with Gasteiger partial charge in [-0.3, -0.25) is 9.79 Å². The van der Waals surface area contributed by atoms with Crippen molar-refractivity contribution in [1.29, 1.82) is 0 Å². The predicted octanol–water partition coefficient (Wildman–Crippen LogP) is 0.725. The van der Waals surface area contributed by atoms with Crippen LogP contribution in [0, 0.1) is 0 Å². The number of carboxylic acid groups (broad SMARTS) is 1. The summed E-state index contributed by atoms with van der Waals surface area (Å²) < 4.78 is 0. The second-order valence-electron chi connectivity index (χ2n) is 3.68. The average Bonchev–Trinajstić information content (AvgIpc) is 2.62. The van der Waals surface area contributed by atoms with E-state index in [1.807, 2.05) is 18.2 Å². The first-order valence-electron chi connectivity index (χ1n) is 5.11. The Morgan fingerprint density at radius 1 is 1.40 bits per heavy atom. The zero-order valence-corrected chi connectivity index (χ0v) is 8.44. The standard InChI is InChI=1S/C12H13NO2/c14-12(15)7-3-4-9-8-13-11-6-2-1-5-10(9)11/h1-2,5-6H,3-4,7-8H2,(H,14,15). The van der Waals surface area contributed by atoms with E-state index in [9.17, 15) is 4.79 Å². The van der Waals surface area contributed by atoms with Gasteiger partial charge < -0.3 is 5.11 Å². The molecule has 0 aliphatic carbocycles. The SMILES string of the molecule is O=C(O)CCCC1=c2ccccc2=NC1. The highest BCUT2D eigenvalue weighted by Gasteiger charge is 2.06. The largest absolute Gasteiger partial charge is 0.481 e. The average molecular weight is 203 g/mol. The first kappa shape index (κ1) is 9.90. The monoisotopic (exact) mass is 203 g/mol. The lowest BCUT2D eigenvalue weighted by Gasteiger charge is -1.98. The molecule has 1 aromatic rings. The number of para-hydroxylation sites is 1. The van der Waals surface area contributed by atoms with Crippen molar-refractivity contribution in [1.82, 2.24) is 0 Å². The third-order valence-electron chi connectivity index (χ3n) is 2.59. The van der Waals surface area contributed by atoms with Gasteiger partial charge >= 0.3 is 5.97 Å². The van der Waals surface area contributed by atoms with Crippen molar-refractivity contribution in [2.24, 2.45) is 4.99 Å². The van der Waals surface area contributed by atoms with Crippen molar-refractivity contribution in [3.05, 3.63) is 34.8 Å². The molecule has 15 heavy (non-hydrogen) atoms. The zero-order chi connectivity index (χ0) is 10.7. The van der Waals surface area contributed by atoms with Gasteiger partial charge in [-0.05, 0) is 24.5 Å². The number of rotatable bonds is 4. The van der Waals surface area contributed by atoms with Crippen LogP contribution in [0.1, 0.15) is 19.3 Å². The summed E-state index contributed by atoms with van der Waals surface area (Å²) in [7, 11) is 0. The first-order chi connectivity index (χ1) is 7.27. The molecule has 0 saturated carbocycles. The molecular weight excluding hydrogens is 190 g/mol. The van der Waals surface area contributed by atoms with Crippen LogP contribution in [0.25, 0.3) is 5.57 Å². The Morgan fingerprint density at radius 3 is 3.00 bits per heavy atom. The molecule has 3 heteroatoms. The van der Waals surface area contributed by atoms with E-state index >= 15 is 0 Å². The molecule has 1 aliphatic heterocycles. The van der Waals surface area contributed by atoms with Gasteiger partial charge in [0.05, 0.1) is 11.9 Å². The summed E-state index contributed by atoms with van der Waals surface area (Å²) in [6.45, 7) is 0.735. The lowest BCUT2D eigenvalue weighted by molar-refractivity contribution is -0.137. The van der Waals surface area contributed by atoms with Crippen LogP contribution in [-0.4, -0.2) is 17.6 Å². The van der Waals surface area contributed by atoms with Crippen LogP contribution >= 0.6 is 0 Å². The quantitative estimate of drug-likeness (QED) is 0.784.